The number of allylic oxidation sites excluding steroid dienone is 2. The Balaban J connectivity index is 2.30. The van der Waals surface area contributed by atoms with Crippen molar-refractivity contribution in [3.05, 3.63) is 11.1 Å². The third kappa shape index (κ3) is 1.85. The Morgan fingerprint density at radius 2 is 1.88 bits per heavy atom. The minimum Gasteiger partial charge on any atom is -0.299 e. The average molecular weight is 220 g/mol. The van der Waals surface area contributed by atoms with Gasteiger partial charge < -0.3 is 0 Å². The van der Waals surface area contributed by atoms with Crippen LogP contribution in [0.2, 0.25) is 0 Å². The average Bonchev–Trinajstić information content (AvgIpc) is 2.48. The lowest BCUT2D eigenvalue weighted by atomic mass is 9.63. The monoisotopic (exact) mass is 220 g/mol. The zero-order valence-electron chi connectivity index (χ0n) is 10.9. The Morgan fingerprint density at radius 1 is 1.19 bits per heavy atom. The van der Waals surface area contributed by atoms with E-state index in [9.17, 15) is 4.79 Å². The van der Waals surface area contributed by atoms with Gasteiger partial charge in [0.1, 0.15) is 5.78 Å². The molecule has 1 nitrogen and oxygen atoms in total. The van der Waals surface area contributed by atoms with E-state index in [1.54, 1.807) is 18.1 Å². The third-order valence-corrected chi connectivity index (χ3v) is 5.11. The molecule has 0 heterocycles. The van der Waals surface area contributed by atoms with Crippen LogP contribution in [0.15, 0.2) is 11.1 Å². The van der Waals surface area contributed by atoms with Crippen molar-refractivity contribution in [1.82, 2.24) is 0 Å². The fourth-order valence-corrected chi connectivity index (χ4v) is 3.47. The molecule has 0 aromatic carbocycles. The summed E-state index contributed by atoms with van der Waals surface area (Å²) in [6.45, 7) is 6.23. The molecule has 0 radical (unpaired) electrons. The topological polar surface area (TPSA) is 17.1 Å². The second kappa shape index (κ2) is 4.35. The molecule has 0 amide bonds. The lowest BCUT2D eigenvalue weighted by Gasteiger charge is -2.40. The maximum atomic E-state index is 11.9. The van der Waals surface area contributed by atoms with Crippen LogP contribution in [0.3, 0.4) is 0 Å². The summed E-state index contributed by atoms with van der Waals surface area (Å²) in [5.41, 5.74) is 3.26. The van der Waals surface area contributed by atoms with Gasteiger partial charge in [0.25, 0.3) is 0 Å². The van der Waals surface area contributed by atoms with Crippen LogP contribution in [0.1, 0.15) is 65.7 Å². The Bertz CT molecular complexity index is 326. The first-order valence-electron chi connectivity index (χ1n) is 6.77. The maximum Gasteiger partial charge on any atom is 0.136 e. The minimum absolute atomic E-state index is 0.0802. The highest BCUT2D eigenvalue weighted by atomic mass is 16.1. The third-order valence-electron chi connectivity index (χ3n) is 5.11. The summed E-state index contributed by atoms with van der Waals surface area (Å²) in [5, 5.41) is 0. The minimum atomic E-state index is -0.0802. The van der Waals surface area contributed by atoms with Crippen molar-refractivity contribution in [1.29, 1.82) is 0 Å². The number of ketones is 1. The largest absolute Gasteiger partial charge is 0.299 e. The van der Waals surface area contributed by atoms with Gasteiger partial charge in [0.15, 0.2) is 0 Å². The first kappa shape index (κ1) is 11.9. The van der Waals surface area contributed by atoms with E-state index in [-0.39, 0.29) is 5.41 Å². The SMILES string of the molecule is CC(=O)[C@]1(C)CCC2=C(CCCCC2)[C@@H]1C. The first-order valence-corrected chi connectivity index (χ1v) is 6.77. The molecule has 0 N–H and O–H groups in total. The number of hydrogen-bond donors (Lipinski definition) is 0. The highest BCUT2D eigenvalue weighted by Gasteiger charge is 2.41. The summed E-state index contributed by atoms with van der Waals surface area (Å²) in [5.74, 6) is 0.864. The molecule has 0 unspecified atom stereocenters. The van der Waals surface area contributed by atoms with Crippen LogP contribution in [0.25, 0.3) is 0 Å². The van der Waals surface area contributed by atoms with Gasteiger partial charge in [-0.1, -0.05) is 31.4 Å². The lowest BCUT2D eigenvalue weighted by Crippen LogP contribution is -2.37. The van der Waals surface area contributed by atoms with E-state index in [1.807, 2.05) is 0 Å². The number of hydrogen-bond acceptors (Lipinski definition) is 1. The highest BCUT2D eigenvalue weighted by Crippen LogP contribution is 2.48. The lowest BCUT2D eigenvalue weighted by molar-refractivity contribution is -0.128. The second-order valence-electron chi connectivity index (χ2n) is 5.88. The van der Waals surface area contributed by atoms with Crippen molar-refractivity contribution in [3.8, 4) is 0 Å². The number of carbonyl (C=O) groups excluding carboxylic acids is 1. The van der Waals surface area contributed by atoms with Gasteiger partial charge in [-0.15, -0.1) is 0 Å². The molecule has 90 valence electrons. The molecule has 0 aliphatic heterocycles. The molecule has 16 heavy (non-hydrogen) atoms. The van der Waals surface area contributed by atoms with Crippen LogP contribution < -0.4 is 0 Å². The van der Waals surface area contributed by atoms with E-state index in [4.69, 9.17) is 0 Å². The predicted molar refractivity (Wildman–Crippen MR) is 67.3 cm³/mol. The van der Waals surface area contributed by atoms with Crippen LogP contribution in [0.5, 0.6) is 0 Å². The van der Waals surface area contributed by atoms with E-state index in [0.29, 0.717) is 11.7 Å². The van der Waals surface area contributed by atoms with Crippen LogP contribution in [0, 0.1) is 11.3 Å². The fourth-order valence-electron chi connectivity index (χ4n) is 3.47. The summed E-state index contributed by atoms with van der Waals surface area (Å²) < 4.78 is 0. The van der Waals surface area contributed by atoms with Crippen LogP contribution >= 0.6 is 0 Å². The smallest absolute Gasteiger partial charge is 0.136 e. The predicted octanol–water partition coefficient (Wildman–Crippen LogP) is 4.27. The summed E-state index contributed by atoms with van der Waals surface area (Å²) in [4.78, 5) is 11.9. The maximum absolute atomic E-state index is 11.9. The summed E-state index contributed by atoms with van der Waals surface area (Å²) in [6.07, 6.45) is 8.86. The quantitative estimate of drug-likeness (QED) is 0.603. The van der Waals surface area contributed by atoms with Gasteiger partial charge in [-0.2, -0.15) is 0 Å². The van der Waals surface area contributed by atoms with Gasteiger partial charge in [0, 0.05) is 5.41 Å². The summed E-state index contributed by atoms with van der Waals surface area (Å²) in [6, 6.07) is 0. The molecule has 2 atom stereocenters. The highest BCUT2D eigenvalue weighted by molar-refractivity contribution is 5.83. The van der Waals surface area contributed by atoms with Crippen molar-refractivity contribution in [2.45, 2.75) is 65.7 Å². The van der Waals surface area contributed by atoms with Crippen molar-refractivity contribution in [2.24, 2.45) is 11.3 Å². The molecule has 2 aliphatic carbocycles. The molecule has 0 fully saturated rings. The molecule has 2 rings (SSSR count). The molecular weight excluding hydrogens is 196 g/mol. The zero-order valence-corrected chi connectivity index (χ0v) is 10.9. The number of Topliss-reactive ketones (excluding diaryl/α,β-unsaturated/α-hetero) is 1. The van der Waals surface area contributed by atoms with Crippen molar-refractivity contribution in [2.75, 3.05) is 0 Å². The fraction of sp³-hybridized carbons (Fsp3) is 0.800. The van der Waals surface area contributed by atoms with Gasteiger partial charge >= 0.3 is 0 Å². The summed E-state index contributed by atoms with van der Waals surface area (Å²) >= 11 is 0. The summed E-state index contributed by atoms with van der Waals surface area (Å²) in [7, 11) is 0. The molecule has 0 saturated carbocycles. The second-order valence-corrected chi connectivity index (χ2v) is 5.88. The Kier molecular flexibility index (Phi) is 3.23. The normalized spacial score (nSPS) is 35.6. The Hall–Kier alpha value is -0.590. The van der Waals surface area contributed by atoms with Gasteiger partial charge in [-0.3, -0.25) is 4.79 Å². The Labute approximate surface area is 99.3 Å². The molecule has 0 aromatic heterocycles. The molecular formula is C15H24O. The van der Waals surface area contributed by atoms with E-state index in [1.165, 1.54) is 38.5 Å². The van der Waals surface area contributed by atoms with E-state index in [2.05, 4.69) is 13.8 Å². The first-order chi connectivity index (χ1) is 7.55. The van der Waals surface area contributed by atoms with Gasteiger partial charge in [-0.25, -0.2) is 0 Å². The van der Waals surface area contributed by atoms with Crippen LogP contribution in [-0.2, 0) is 4.79 Å². The zero-order chi connectivity index (χ0) is 11.8. The van der Waals surface area contributed by atoms with Gasteiger partial charge in [0.05, 0.1) is 0 Å². The van der Waals surface area contributed by atoms with Gasteiger partial charge in [-0.05, 0) is 51.4 Å². The van der Waals surface area contributed by atoms with Crippen molar-refractivity contribution >= 4 is 5.78 Å². The van der Waals surface area contributed by atoms with E-state index in [0.717, 1.165) is 6.42 Å². The Morgan fingerprint density at radius 3 is 2.56 bits per heavy atom. The number of rotatable bonds is 1. The molecule has 0 spiro atoms. The van der Waals surface area contributed by atoms with E-state index < -0.39 is 0 Å². The molecule has 0 saturated heterocycles. The van der Waals surface area contributed by atoms with E-state index >= 15 is 0 Å². The standard InChI is InChI=1S/C15H24O/c1-11-14-8-6-4-5-7-13(14)9-10-15(11,3)12(2)16/h11H,4-10H2,1-3H3/t11-,15+/m0/s1. The van der Waals surface area contributed by atoms with Crippen molar-refractivity contribution < 1.29 is 4.79 Å². The molecule has 0 aromatic rings. The number of carbonyl (C=O) groups is 1. The van der Waals surface area contributed by atoms with Crippen LogP contribution in [0.4, 0.5) is 0 Å². The molecule has 0 bridgehead atoms. The van der Waals surface area contributed by atoms with Crippen LogP contribution in [-0.4, -0.2) is 5.78 Å². The molecule has 1 heteroatoms. The molecule has 2 aliphatic rings. The van der Waals surface area contributed by atoms with Gasteiger partial charge in [0.2, 0.25) is 0 Å². The van der Waals surface area contributed by atoms with Crippen molar-refractivity contribution in [3.63, 3.8) is 0 Å².